The summed E-state index contributed by atoms with van der Waals surface area (Å²) in [4.78, 5) is 0. The number of unbranched alkanes of at least 4 members (excludes halogenated alkanes) is 1. The van der Waals surface area contributed by atoms with Crippen LogP contribution in [0.4, 0.5) is 0 Å². The highest BCUT2D eigenvalue weighted by molar-refractivity contribution is 5.46. The summed E-state index contributed by atoms with van der Waals surface area (Å²) in [6.07, 6.45) is 10.9. The second kappa shape index (κ2) is 5.92. The van der Waals surface area contributed by atoms with E-state index in [0.29, 0.717) is 0 Å². The van der Waals surface area contributed by atoms with Gasteiger partial charge in [-0.1, -0.05) is 31.8 Å². The van der Waals surface area contributed by atoms with Crippen LogP contribution in [0, 0.1) is 40.0 Å². The molecule has 0 nitrogen and oxygen atoms in total. The van der Waals surface area contributed by atoms with Crippen LogP contribution in [0.1, 0.15) is 59.9 Å². The van der Waals surface area contributed by atoms with Crippen molar-refractivity contribution in [1.82, 2.24) is 0 Å². The third kappa shape index (κ3) is 2.91. The topological polar surface area (TPSA) is 0 Å². The van der Waals surface area contributed by atoms with Crippen LogP contribution < -0.4 is 0 Å². The van der Waals surface area contributed by atoms with Gasteiger partial charge in [0.25, 0.3) is 0 Å². The van der Waals surface area contributed by atoms with Gasteiger partial charge in [0, 0.05) is 5.92 Å². The maximum Gasteiger partial charge on any atom is 0.0465 e. The number of hydrogen-bond acceptors (Lipinski definition) is 0. The van der Waals surface area contributed by atoms with Crippen LogP contribution in [-0.4, -0.2) is 0 Å². The first kappa shape index (κ1) is 13.8. The van der Waals surface area contributed by atoms with Crippen molar-refractivity contribution >= 4 is 0 Å². The van der Waals surface area contributed by atoms with E-state index in [9.17, 15) is 0 Å². The number of hydrogen-bond donors (Lipinski definition) is 0. The molecule has 0 saturated heterocycles. The lowest BCUT2D eigenvalue weighted by Gasteiger charge is -2.18. The van der Waals surface area contributed by atoms with Crippen molar-refractivity contribution < 1.29 is 0 Å². The Balaban J connectivity index is 3.17. The first-order valence-corrected chi connectivity index (χ1v) is 6.52. The summed E-state index contributed by atoms with van der Waals surface area (Å²) in [7, 11) is 0. The van der Waals surface area contributed by atoms with Crippen molar-refractivity contribution in [3.8, 4) is 5.92 Å². The largest absolute Gasteiger partial charge is 0.0809 e. The second-order valence-corrected chi connectivity index (χ2v) is 5.00. The molecule has 0 aliphatic heterocycles. The van der Waals surface area contributed by atoms with E-state index < -0.39 is 0 Å². The molecule has 0 aliphatic rings. The van der Waals surface area contributed by atoms with Crippen LogP contribution in [0.15, 0.2) is 6.07 Å². The molecule has 1 aromatic rings. The van der Waals surface area contributed by atoms with E-state index in [1.807, 2.05) is 0 Å². The zero-order valence-electron chi connectivity index (χ0n) is 11.8. The van der Waals surface area contributed by atoms with E-state index in [1.54, 1.807) is 0 Å². The summed E-state index contributed by atoms with van der Waals surface area (Å²) in [5, 5.41) is 0. The average Bonchev–Trinajstić information content (AvgIpc) is 2.33. The molecule has 0 bridgehead atoms. The highest BCUT2D eigenvalue weighted by Gasteiger charge is 2.14. The minimum atomic E-state index is 0.174. The van der Waals surface area contributed by atoms with Crippen molar-refractivity contribution in [2.45, 2.75) is 59.8 Å². The molecule has 0 heterocycles. The van der Waals surface area contributed by atoms with Gasteiger partial charge in [0.2, 0.25) is 0 Å². The third-order valence-corrected chi connectivity index (χ3v) is 3.92. The Morgan fingerprint density at radius 3 is 2.29 bits per heavy atom. The summed E-state index contributed by atoms with van der Waals surface area (Å²) in [6, 6.07) is 2.25. The van der Waals surface area contributed by atoms with E-state index in [0.717, 1.165) is 6.42 Å². The van der Waals surface area contributed by atoms with E-state index >= 15 is 0 Å². The van der Waals surface area contributed by atoms with Gasteiger partial charge < -0.3 is 0 Å². The molecule has 1 atom stereocenters. The smallest absolute Gasteiger partial charge is 0.0465 e. The summed E-state index contributed by atoms with van der Waals surface area (Å²) in [6.45, 7) is 10.9. The summed E-state index contributed by atoms with van der Waals surface area (Å²) in [5.41, 5.74) is 6.73. The van der Waals surface area contributed by atoms with Crippen LogP contribution in [0.2, 0.25) is 0 Å². The Morgan fingerprint density at radius 1 is 1.12 bits per heavy atom. The van der Waals surface area contributed by atoms with Gasteiger partial charge in [-0.2, -0.15) is 0 Å². The molecule has 1 unspecified atom stereocenters. The number of aryl methyl sites for hydroxylation is 1. The minimum Gasteiger partial charge on any atom is -0.0809 e. The van der Waals surface area contributed by atoms with Gasteiger partial charge in [-0.25, -0.2) is 0 Å². The Bertz CT molecular complexity index is 432. The van der Waals surface area contributed by atoms with Crippen molar-refractivity contribution in [2.75, 3.05) is 0 Å². The standard InChI is InChI=1S/C17H23/c1-7-9-10-16(8-2)17-11-12(3)13(4)14(5)15(17)6/h11,16H,7,9-10H2,1,3-6H3. The molecule has 1 radical (unpaired) electrons. The molecule has 91 valence electrons. The number of rotatable bonds is 4. The molecule has 1 rings (SSSR count). The summed E-state index contributed by atoms with van der Waals surface area (Å²) < 4.78 is 0. The van der Waals surface area contributed by atoms with Crippen LogP contribution in [0.5, 0.6) is 0 Å². The normalized spacial score (nSPS) is 12.2. The Labute approximate surface area is 106 Å². The van der Waals surface area contributed by atoms with Crippen LogP contribution in [-0.2, 0) is 0 Å². The monoisotopic (exact) mass is 227 g/mol. The minimum absolute atomic E-state index is 0.174. The second-order valence-electron chi connectivity index (χ2n) is 5.00. The predicted molar refractivity (Wildman–Crippen MR) is 74.8 cm³/mol. The highest BCUT2D eigenvalue weighted by Crippen LogP contribution is 2.29. The first-order valence-electron chi connectivity index (χ1n) is 6.52. The summed E-state index contributed by atoms with van der Waals surface area (Å²) >= 11 is 0. The highest BCUT2D eigenvalue weighted by atomic mass is 14.2. The zero-order chi connectivity index (χ0) is 13.0. The SMILES string of the molecule is [C]#CC(CCCC)c1cc(C)c(C)c(C)c1C. The fraction of sp³-hybridized carbons (Fsp3) is 0.529. The third-order valence-electron chi connectivity index (χ3n) is 3.92. The maximum absolute atomic E-state index is 7.52. The number of benzene rings is 1. The molecule has 17 heavy (non-hydrogen) atoms. The van der Waals surface area contributed by atoms with Crippen molar-refractivity contribution in [3.63, 3.8) is 0 Å². The molecule has 0 fully saturated rings. The van der Waals surface area contributed by atoms with Gasteiger partial charge >= 0.3 is 0 Å². The van der Waals surface area contributed by atoms with Crippen molar-refractivity contribution in [2.24, 2.45) is 0 Å². The Kier molecular flexibility index (Phi) is 4.82. The lowest BCUT2D eigenvalue weighted by atomic mass is 9.86. The lowest BCUT2D eigenvalue weighted by molar-refractivity contribution is 0.672. The van der Waals surface area contributed by atoms with Gasteiger partial charge in [-0.3, -0.25) is 0 Å². The van der Waals surface area contributed by atoms with Crippen LogP contribution in [0.3, 0.4) is 0 Å². The van der Waals surface area contributed by atoms with Crippen molar-refractivity contribution in [1.29, 1.82) is 0 Å². The zero-order valence-corrected chi connectivity index (χ0v) is 11.8. The van der Waals surface area contributed by atoms with E-state index in [2.05, 4.69) is 46.6 Å². The summed E-state index contributed by atoms with van der Waals surface area (Å²) in [5.74, 6) is 2.89. The molecule has 0 aromatic heterocycles. The fourth-order valence-corrected chi connectivity index (χ4v) is 2.32. The van der Waals surface area contributed by atoms with Gasteiger partial charge in [-0.05, 0) is 68.4 Å². The van der Waals surface area contributed by atoms with Crippen molar-refractivity contribution in [3.05, 3.63) is 40.3 Å². The fourth-order valence-electron chi connectivity index (χ4n) is 2.32. The van der Waals surface area contributed by atoms with Gasteiger partial charge in [0.15, 0.2) is 0 Å². The van der Waals surface area contributed by atoms with E-state index in [-0.39, 0.29) is 5.92 Å². The lowest BCUT2D eigenvalue weighted by Crippen LogP contribution is -2.03. The molecule has 0 amide bonds. The predicted octanol–water partition coefficient (Wildman–Crippen LogP) is 4.78. The van der Waals surface area contributed by atoms with Crippen LogP contribution in [0.25, 0.3) is 0 Å². The quantitative estimate of drug-likeness (QED) is 0.649. The molecule has 0 aliphatic carbocycles. The molecule has 0 spiro atoms. The van der Waals surface area contributed by atoms with Gasteiger partial charge in [0.05, 0.1) is 0 Å². The molecule has 0 saturated carbocycles. The molecular weight excluding hydrogens is 204 g/mol. The van der Waals surface area contributed by atoms with Crippen LogP contribution >= 0.6 is 0 Å². The molecule has 1 aromatic carbocycles. The van der Waals surface area contributed by atoms with E-state index in [1.165, 1.54) is 40.7 Å². The Hall–Kier alpha value is -1.22. The molecule has 0 heteroatoms. The van der Waals surface area contributed by atoms with Gasteiger partial charge in [0.1, 0.15) is 0 Å². The first-order chi connectivity index (χ1) is 8.02. The van der Waals surface area contributed by atoms with E-state index in [4.69, 9.17) is 6.42 Å². The Morgan fingerprint density at radius 2 is 1.76 bits per heavy atom. The van der Waals surface area contributed by atoms with Gasteiger partial charge in [-0.15, -0.1) is 0 Å². The molecule has 0 N–H and O–H groups in total. The maximum atomic E-state index is 7.52. The molecular formula is C17H23. The average molecular weight is 227 g/mol.